The van der Waals surface area contributed by atoms with Crippen LogP contribution in [0.1, 0.15) is 18.4 Å². The smallest absolute Gasteiger partial charge is 0.322 e. The minimum atomic E-state index is -1.41. The van der Waals surface area contributed by atoms with Crippen molar-refractivity contribution in [2.24, 2.45) is 11.5 Å². The normalized spacial score (nSPS) is 13.3. The van der Waals surface area contributed by atoms with Crippen molar-refractivity contribution in [3.8, 4) is 5.75 Å². The van der Waals surface area contributed by atoms with Gasteiger partial charge in [0, 0.05) is 0 Å². The number of rotatable bonds is 14. The van der Waals surface area contributed by atoms with Crippen molar-refractivity contribution >= 4 is 41.4 Å². The maximum atomic E-state index is 12.8. The third-order valence-corrected chi connectivity index (χ3v) is 5.07. The lowest BCUT2D eigenvalue weighted by molar-refractivity contribution is -0.138. The van der Waals surface area contributed by atoms with Crippen LogP contribution in [-0.2, 0) is 30.4 Å². The maximum Gasteiger partial charge on any atom is 0.322 e. The Morgan fingerprint density at radius 1 is 1.00 bits per heavy atom. The first kappa shape index (κ1) is 27.7. The highest BCUT2D eigenvalue weighted by Gasteiger charge is 2.29. The topological polar surface area (TPSA) is 214 Å². The molecule has 0 radical (unpaired) electrons. The number of carboxylic acid groups (broad SMARTS) is 1. The Labute approximate surface area is 194 Å². The number of nitrogens with two attached hydrogens (primary N) is 2. The zero-order valence-electron chi connectivity index (χ0n) is 18.1. The van der Waals surface area contributed by atoms with Gasteiger partial charge in [-0.3, -0.25) is 24.0 Å². The van der Waals surface area contributed by atoms with Crippen molar-refractivity contribution < 1.29 is 34.2 Å². The highest BCUT2D eigenvalue weighted by molar-refractivity contribution is 7.98. The molecular formula is C20H29N5O7S. The monoisotopic (exact) mass is 483 g/mol. The Balaban J connectivity index is 2.85. The van der Waals surface area contributed by atoms with E-state index in [1.165, 1.54) is 23.9 Å². The van der Waals surface area contributed by atoms with Crippen LogP contribution in [0.2, 0.25) is 0 Å². The fourth-order valence-corrected chi connectivity index (χ4v) is 3.20. The molecule has 0 saturated heterocycles. The van der Waals surface area contributed by atoms with E-state index >= 15 is 0 Å². The average molecular weight is 484 g/mol. The molecule has 9 N–H and O–H groups in total. The van der Waals surface area contributed by atoms with Crippen LogP contribution in [0, 0.1) is 0 Å². The molecule has 1 aromatic carbocycles. The molecule has 33 heavy (non-hydrogen) atoms. The number of phenolic OH excluding ortho intramolecular Hbond substituents is 1. The maximum absolute atomic E-state index is 12.8. The van der Waals surface area contributed by atoms with Crippen molar-refractivity contribution in [3.63, 3.8) is 0 Å². The van der Waals surface area contributed by atoms with Crippen molar-refractivity contribution in [3.05, 3.63) is 29.8 Å². The van der Waals surface area contributed by atoms with E-state index in [2.05, 4.69) is 16.0 Å². The van der Waals surface area contributed by atoms with E-state index in [0.717, 1.165) is 0 Å². The Morgan fingerprint density at radius 3 is 2.15 bits per heavy atom. The van der Waals surface area contributed by atoms with E-state index < -0.39 is 60.7 Å². The summed E-state index contributed by atoms with van der Waals surface area (Å²) < 4.78 is 0. The number of carboxylic acids is 1. The first-order valence-electron chi connectivity index (χ1n) is 9.94. The summed E-state index contributed by atoms with van der Waals surface area (Å²) in [6.07, 6.45) is 1.62. The number of nitrogens with one attached hydrogen (secondary N) is 3. The molecule has 13 heteroatoms. The minimum absolute atomic E-state index is 0.0727. The van der Waals surface area contributed by atoms with Gasteiger partial charge in [-0.15, -0.1) is 0 Å². The highest BCUT2D eigenvalue weighted by atomic mass is 32.2. The van der Waals surface area contributed by atoms with Gasteiger partial charge in [-0.05, 0) is 42.5 Å². The molecule has 0 spiro atoms. The highest BCUT2D eigenvalue weighted by Crippen LogP contribution is 2.11. The summed E-state index contributed by atoms with van der Waals surface area (Å²) in [4.78, 5) is 59.5. The molecule has 12 nitrogen and oxygen atoms in total. The summed E-state index contributed by atoms with van der Waals surface area (Å²) in [5.74, 6) is -3.87. The molecule has 0 aromatic heterocycles. The van der Waals surface area contributed by atoms with Crippen LogP contribution in [0.5, 0.6) is 5.75 Å². The third-order valence-electron chi connectivity index (χ3n) is 4.42. The molecule has 0 bridgehead atoms. The Morgan fingerprint density at radius 2 is 1.61 bits per heavy atom. The Kier molecular flexibility index (Phi) is 11.7. The van der Waals surface area contributed by atoms with Gasteiger partial charge in [0.05, 0.1) is 12.5 Å². The van der Waals surface area contributed by atoms with E-state index in [1.54, 1.807) is 12.1 Å². The van der Waals surface area contributed by atoms with Crippen molar-refractivity contribution in [1.29, 1.82) is 0 Å². The molecule has 3 atom stereocenters. The Hall–Kier alpha value is -3.32. The second-order valence-electron chi connectivity index (χ2n) is 7.16. The molecule has 0 aliphatic heterocycles. The second-order valence-corrected chi connectivity index (χ2v) is 8.15. The zero-order chi connectivity index (χ0) is 25.0. The molecule has 1 rings (SSSR count). The van der Waals surface area contributed by atoms with Crippen LogP contribution in [0.4, 0.5) is 0 Å². The largest absolute Gasteiger partial charge is 0.508 e. The summed E-state index contributed by atoms with van der Waals surface area (Å²) >= 11 is 1.43. The first-order chi connectivity index (χ1) is 15.5. The fraction of sp³-hybridized carbons (Fsp3) is 0.450. The number of thioether (sulfide) groups is 1. The lowest BCUT2D eigenvalue weighted by atomic mass is 10.0. The number of hydrogen-bond acceptors (Lipinski definition) is 8. The minimum Gasteiger partial charge on any atom is -0.508 e. The van der Waals surface area contributed by atoms with Crippen molar-refractivity contribution in [1.82, 2.24) is 16.0 Å². The van der Waals surface area contributed by atoms with E-state index in [0.29, 0.717) is 11.3 Å². The van der Waals surface area contributed by atoms with E-state index in [-0.39, 0.29) is 18.6 Å². The van der Waals surface area contributed by atoms with Crippen LogP contribution in [0.15, 0.2) is 24.3 Å². The second kappa shape index (κ2) is 14.0. The fourth-order valence-electron chi connectivity index (χ4n) is 2.73. The molecule has 182 valence electrons. The van der Waals surface area contributed by atoms with Gasteiger partial charge in [0.1, 0.15) is 24.4 Å². The van der Waals surface area contributed by atoms with E-state index in [4.69, 9.17) is 16.6 Å². The summed E-state index contributed by atoms with van der Waals surface area (Å²) in [6, 6.07) is 2.70. The van der Waals surface area contributed by atoms with E-state index in [9.17, 15) is 29.1 Å². The number of amides is 4. The van der Waals surface area contributed by atoms with Crippen LogP contribution in [0.3, 0.4) is 0 Å². The molecular weight excluding hydrogens is 454 g/mol. The molecule has 0 aliphatic carbocycles. The number of carbonyl (C=O) groups is 5. The third kappa shape index (κ3) is 10.7. The SMILES string of the molecule is CSCCC(NC(=O)C(N)Cc1ccc(O)cc1)C(=O)NC(CC(N)=O)C(=O)NCC(=O)O. The quantitative estimate of drug-likeness (QED) is 0.156. The van der Waals surface area contributed by atoms with Crippen LogP contribution < -0.4 is 27.4 Å². The summed E-state index contributed by atoms with van der Waals surface area (Å²) in [7, 11) is 0. The van der Waals surface area contributed by atoms with Crippen LogP contribution in [-0.4, -0.2) is 76.5 Å². The van der Waals surface area contributed by atoms with Crippen molar-refractivity contribution in [2.45, 2.75) is 37.4 Å². The van der Waals surface area contributed by atoms with Crippen LogP contribution in [0.25, 0.3) is 0 Å². The number of hydrogen-bond donors (Lipinski definition) is 7. The molecule has 0 fully saturated rings. The predicted octanol–water partition coefficient (Wildman–Crippen LogP) is -1.94. The average Bonchev–Trinajstić information content (AvgIpc) is 2.75. The first-order valence-corrected chi connectivity index (χ1v) is 11.3. The Bertz CT molecular complexity index is 850. The lowest BCUT2D eigenvalue weighted by Crippen LogP contribution is -2.57. The van der Waals surface area contributed by atoms with Crippen molar-refractivity contribution in [2.75, 3.05) is 18.6 Å². The number of aromatic hydroxyl groups is 1. The molecule has 1 aromatic rings. The number of carbonyl (C=O) groups excluding carboxylic acids is 4. The number of primary amides is 1. The lowest BCUT2D eigenvalue weighted by Gasteiger charge is -2.23. The number of benzene rings is 1. The molecule has 0 saturated carbocycles. The summed E-state index contributed by atoms with van der Waals surface area (Å²) in [5.41, 5.74) is 11.8. The number of aliphatic carboxylic acids is 1. The molecule has 4 amide bonds. The van der Waals surface area contributed by atoms with Gasteiger partial charge in [0.2, 0.25) is 23.6 Å². The van der Waals surface area contributed by atoms with Gasteiger partial charge in [-0.25, -0.2) is 0 Å². The molecule has 3 unspecified atom stereocenters. The summed E-state index contributed by atoms with van der Waals surface area (Å²) in [6.45, 7) is -0.706. The summed E-state index contributed by atoms with van der Waals surface area (Å²) in [5, 5.41) is 25.0. The van der Waals surface area contributed by atoms with Gasteiger partial charge in [0.25, 0.3) is 0 Å². The predicted molar refractivity (Wildman–Crippen MR) is 121 cm³/mol. The molecule has 0 heterocycles. The van der Waals surface area contributed by atoms with Gasteiger partial charge in [0.15, 0.2) is 0 Å². The standard InChI is InChI=1S/C20H29N5O7S/c1-33-7-6-14(24-18(30)13(21)8-11-2-4-12(26)5-3-11)20(32)25-15(9-16(22)27)19(31)23-10-17(28)29/h2-5,13-15,26H,6-10,21H2,1H3,(H2,22,27)(H,23,31)(H,24,30)(H,25,32)(H,28,29). The van der Waals surface area contributed by atoms with Crippen LogP contribution >= 0.6 is 11.8 Å². The van der Waals surface area contributed by atoms with Gasteiger partial charge in [-0.1, -0.05) is 12.1 Å². The van der Waals surface area contributed by atoms with Gasteiger partial charge in [-0.2, -0.15) is 11.8 Å². The van der Waals surface area contributed by atoms with E-state index in [1.807, 2.05) is 6.26 Å². The van der Waals surface area contributed by atoms with Gasteiger partial charge < -0.3 is 37.6 Å². The zero-order valence-corrected chi connectivity index (χ0v) is 18.9. The number of phenols is 1. The van der Waals surface area contributed by atoms with Gasteiger partial charge >= 0.3 is 5.97 Å². The molecule has 0 aliphatic rings.